The molecule has 9 heteroatoms. The molecule has 0 saturated carbocycles. The molecule has 1 aromatic heterocycles. The summed E-state index contributed by atoms with van der Waals surface area (Å²) in [6.07, 6.45) is -1.38. The molecule has 2 aromatic rings. The summed E-state index contributed by atoms with van der Waals surface area (Å²) in [6.45, 7) is 7.61. The zero-order valence-corrected chi connectivity index (χ0v) is 19.6. The number of ether oxygens (including phenoxy) is 1. The lowest BCUT2D eigenvalue weighted by atomic mass is 9.99. The van der Waals surface area contributed by atoms with Crippen LogP contribution in [0.2, 0.25) is 0 Å². The summed E-state index contributed by atoms with van der Waals surface area (Å²) >= 11 is 0. The highest BCUT2D eigenvalue weighted by atomic mass is 19.4. The predicted molar refractivity (Wildman–Crippen MR) is 125 cm³/mol. The number of benzene rings is 1. The Hall–Kier alpha value is -2.97. The van der Waals surface area contributed by atoms with E-state index in [4.69, 9.17) is 0 Å². The average molecular weight is 477 g/mol. The number of alkyl halides is 3. The molecule has 2 aliphatic heterocycles. The summed E-state index contributed by atoms with van der Waals surface area (Å²) in [4.78, 5) is 21.6. The van der Waals surface area contributed by atoms with E-state index in [1.165, 1.54) is 42.8 Å². The topological polar surface area (TPSA) is 57.7 Å². The summed E-state index contributed by atoms with van der Waals surface area (Å²) in [5.41, 5.74) is 2.80. The molecule has 3 heterocycles. The van der Waals surface area contributed by atoms with E-state index in [0.717, 1.165) is 36.9 Å². The Kier molecular flexibility index (Phi) is 7.19. The Labute approximate surface area is 198 Å². The lowest BCUT2D eigenvalue weighted by Gasteiger charge is -2.32. The SMILES string of the molecule is Cc1cc(N2CCC(C)CC2)cc(NC2CCN(C(=O)Cc3ccc(OC(F)(F)F)cc3)C2)n1. The van der Waals surface area contributed by atoms with Gasteiger partial charge in [0.2, 0.25) is 5.91 Å². The van der Waals surface area contributed by atoms with E-state index >= 15 is 0 Å². The minimum atomic E-state index is -4.73. The number of piperidine rings is 1. The van der Waals surface area contributed by atoms with Crippen LogP contribution in [0.15, 0.2) is 36.4 Å². The number of likely N-dealkylation sites (tertiary alicyclic amines) is 1. The molecule has 34 heavy (non-hydrogen) atoms. The van der Waals surface area contributed by atoms with Gasteiger partial charge in [-0.25, -0.2) is 4.98 Å². The second-order valence-electron chi connectivity index (χ2n) is 9.36. The van der Waals surface area contributed by atoms with Crippen LogP contribution >= 0.6 is 0 Å². The van der Waals surface area contributed by atoms with Crippen molar-refractivity contribution in [2.24, 2.45) is 5.92 Å². The van der Waals surface area contributed by atoms with Crippen molar-refractivity contribution in [2.75, 3.05) is 36.4 Å². The van der Waals surface area contributed by atoms with Gasteiger partial charge in [0.05, 0.1) is 6.42 Å². The van der Waals surface area contributed by atoms with Crippen LogP contribution in [0.25, 0.3) is 0 Å². The zero-order valence-electron chi connectivity index (χ0n) is 19.6. The number of aromatic nitrogens is 1. The Morgan fingerprint density at radius 2 is 1.82 bits per heavy atom. The Morgan fingerprint density at radius 3 is 2.50 bits per heavy atom. The van der Waals surface area contributed by atoms with Crippen molar-refractivity contribution >= 4 is 17.4 Å². The molecular formula is C25H31F3N4O2. The number of amides is 1. The van der Waals surface area contributed by atoms with Gasteiger partial charge in [0.25, 0.3) is 0 Å². The number of hydrogen-bond acceptors (Lipinski definition) is 5. The first-order valence-corrected chi connectivity index (χ1v) is 11.8. The normalized spacial score (nSPS) is 19.4. The van der Waals surface area contributed by atoms with E-state index in [9.17, 15) is 18.0 Å². The largest absolute Gasteiger partial charge is 0.573 e. The van der Waals surface area contributed by atoms with Crippen LogP contribution in [0.5, 0.6) is 5.75 Å². The van der Waals surface area contributed by atoms with Gasteiger partial charge in [0, 0.05) is 49.7 Å². The molecular weight excluding hydrogens is 445 g/mol. The third-order valence-electron chi connectivity index (χ3n) is 6.49. The Balaban J connectivity index is 1.31. The van der Waals surface area contributed by atoms with E-state index in [1.807, 2.05) is 6.92 Å². The van der Waals surface area contributed by atoms with Gasteiger partial charge < -0.3 is 19.9 Å². The minimum absolute atomic E-state index is 0.0471. The van der Waals surface area contributed by atoms with Crippen molar-refractivity contribution in [3.05, 3.63) is 47.7 Å². The fraction of sp³-hybridized carbons (Fsp3) is 0.520. The second-order valence-corrected chi connectivity index (χ2v) is 9.36. The third-order valence-corrected chi connectivity index (χ3v) is 6.49. The Bertz CT molecular complexity index is 989. The number of carbonyl (C=O) groups excluding carboxylic acids is 1. The van der Waals surface area contributed by atoms with Crippen molar-refractivity contribution in [1.29, 1.82) is 0 Å². The standard InChI is InChI=1S/C25H31F3N4O2/c1-17-7-10-31(11-8-17)21-13-18(2)29-23(15-21)30-20-9-12-32(16-20)24(33)14-19-3-5-22(6-4-19)34-25(26,27)28/h3-6,13,15,17,20H,7-12,14,16H2,1-2H3,(H,29,30). The molecule has 1 N–H and O–H groups in total. The van der Waals surface area contributed by atoms with Crippen LogP contribution < -0.4 is 15.0 Å². The number of aryl methyl sites for hydroxylation is 1. The maximum absolute atomic E-state index is 12.7. The van der Waals surface area contributed by atoms with Gasteiger partial charge in [0.1, 0.15) is 11.6 Å². The van der Waals surface area contributed by atoms with Gasteiger partial charge in [-0.1, -0.05) is 19.1 Å². The van der Waals surface area contributed by atoms with Gasteiger partial charge in [-0.2, -0.15) is 0 Å². The molecule has 0 bridgehead atoms. The number of anilines is 2. The molecule has 1 amide bonds. The zero-order chi connectivity index (χ0) is 24.3. The smallest absolute Gasteiger partial charge is 0.406 e. The van der Waals surface area contributed by atoms with Crippen molar-refractivity contribution in [3.63, 3.8) is 0 Å². The van der Waals surface area contributed by atoms with Crippen molar-refractivity contribution in [2.45, 2.75) is 51.9 Å². The molecule has 0 spiro atoms. The monoisotopic (exact) mass is 476 g/mol. The average Bonchev–Trinajstić information content (AvgIpc) is 3.23. The number of pyridine rings is 1. The van der Waals surface area contributed by atoms with Gasteiger partial charge in [-0.05, 0) is 55.9 Å². The lowest BCUT2D eigenvalue weighted by molar-refractivity contribution is -0.274. The summed E-state index contributed by atoms with van der Waals surface area (Å²) in [5.74, 6) is 1.26. The van der Waals surface area contributed by atoms with Crippen LogP contribution in [0.4, 0.5) is 24.7 Å². The highest BCUT2D eigenvalue weighted by Gasteiger charge is 2.31. The van der Waals surface area contributed by atoms with Gasteiger partial charge >= 0.3 is 6.36 Å². The van der Waals surface area contributed by atoms with Crippen LogP contribution in [-0.4, -0.2) is 54.4 Å². The number of carbonyl (C=O) groups is 1. The molecule has 2 fully saturated rings. The summed E-state index contributed by atoms with van der Waals surface area (Å²) in [6, 6.07) is 9.77. The van der Waals surface area contributed by atoms with Crippen LogP contribution in [0.1, 0.15) is 37.4 Å². The molecule has 184 valence electrons. The van der Waals surface area contributed by atoms with E-state index in [1.54, 1.807) is 4.90 Å². The van der Waals surface area contributed by atoms with Crippen LogP contribution in [0, 0.1) is 12.8 Å². The third kappa shape index (κ3) is 6.55. The van der Waals surface area contributed by atoms with E-state index < -0.39 is 6.36 Å². The van der Waals surface area contributed by atoms with E-state index in [-0.39, 0.29) is 24.1 Å². The van der Waals surface area contributed by atoms with Crippen LogP contribution in [0.3, 0.4) is 0 Å². The number of nitrogens with zero attached hydrogens (tertiary/aromatic N) is 3. The minimum Gasteiger partial charge on any atom is -0.406 e. The number of nitrogens with one attached hydrogen (secondary N) is 1. The molecule has 0 aliphatic carbocycles. The maximum Gasteiger partial charge on any atom is 0.573 e. The first kappa shape index (κ1) is 24.2. The van der Waals surface area contributed by atoms with Gasteiger partial charge in [-0.3, -0.25) is 4.79 Å². The quantitative estimate of drug-likeness (QED) is 0.650. The molecule has 6 nitrogen and oxygen atoms in total. The first-order valence-electron chi connectivity index (χ1n) is 11.8. The second kappa shape index (κ2) is 10.1. The molecule has 0 radical (unpaired) electrons. The summed E-state index contributed by atoms with van der Waals surface area (Å²) in [5, 5.41) is 3.49. The van der Waals surface area contributed by atoms with E-state index in [0.29, 0.717) is 18.7 Å². The molecule has 2 saturated heterocycles. The van der Waals surface area contributed by atoms with E-state index in [2.05, 4.69) is 39.0 Å². The number of hydrogen-bond donors (Lipinski definition) is 1. The highest BCUT2D eigenvalue weighted by molar-refractivity contribution is 5.79. The molecule has 1 unspecified atom stereocenters. The molecule has 1 atom stereocenters. The highest BCUT2D eigenvalue weighted by Crippen LogP contribution is 2.27. The first-order chi connectivity index (χ1) is 16.1. The molecule has 1 aromatic carbocycles. The van der Waals surface area contributed by atoms with Crippen LogP contribution in [-0.2, 0) is 11.2 Å². The number of rotatable bonds is 6. The van der Waals surface area contributed by atoms with Crippen molar-refractivity contribution in [3.8, 4) is 5.75 Å². The fourth-order valence-corrected chi connectivity index (χ4v) is 4.58. The van der Waals surface area contributed by atoms with Gasteiger partial charge in [-0.15, -0.1) is 13.2 Å². The lowest BCUT2D eigenvalue weighted by Crippen LogP contribution is -2.33. The maximum atomic E-state index is 12.7. The van der Waals surface area contributed by atoms with Crippen molar-refractivity contribution < 1.29 is 22.7 Å². The summed E-state index contributed by atoms with van der Waals surface area (Å²) < 4.78 is 40.8. The van der Waals surface area contributed by atoms with Crippen molar-refractivity contribution in [1.82, 2.24) is 9.88 Å². The summed E-state index contributed by atoms with van der Waals surface area (Å²) in [7, 11) is 0. The molecule has 4 rings (SSSR count). The number of halogens is 3. The van der Waals surface area contributed by atoms with Gasteiger partial charge in [0.15, 0.2) is 0 Å². The predicted octanol–water partition coefficient (Wildman–Crippen LogP) is 4.78. The Morgan fingerprint density at radius 1 is 1.12 bits per heavy atom. The fourth-order valence-electron chi connectivity index (χ4n) is 4.58. The molecule has 2 aliphatic rings.